The van der Waals surface area contributed by atoms with Gasteiger partial charge in [0.25, 0.3) is 0 Å². The van der Waals surface area contributed by atoms with Gasteiger partial charge in [-0.15, -0.1) is 0 Å². The van der Waals surface area contributed by atoms with Gasteiger partial charge in [-0.05, 0) is 25.8 Å². The van der Waals surface area contributed by atoms with E-state index in [-0.39, 0.29) is 0 Å². The third-order valence-electron chi connectivity index (χ3n) is 3.16. The smallest absolute Gasteiger partial charge is 0.316 e. The van der Waals surface area contributed by atoms with Gasteiger partial charge in [0.1, 0.15) is 5.67 Å². The van der Waals surface area contributed by atoms with Crippen molar-refractivity contribution in [3.63, 3.8) is 0 Å². The van der Waals surface area contributed by atoms with Gasteiger partial charge >= 0.3 is 6.01 Å². The van der Waals surface area contributed by atoms with Crippen LogP contribution in [0.15, 0.2) is 12.3 Å². The van der Waals surface area contributed by atoms with Gasteiger partial charge in [0, 0.05) is 25.8 Å². The lowest BCUT2D eigenvalue weighted by Gasteiger charge is -2.33. The Morgan fingerprint density at radius 2 is 2.18 bits per heavy atom. The van der Waals surface area contributed by atoms with Crippen molar-refractivity contribution in [2.75, 3.05) is 20.2 Å². The number of hydrogen-bond donors (Lipinski definition) is 0. The number of ether oxygens (including phenoxy) is 1. The molecule has 4 nitrogen and oxygen atoms in total. The van der Waals surface area contributed by atoms with Gasteiger partial charge in [-0.3, -0.25) is 4.90 Å². The molecule has 2 heterocycles. The Bertz CT molecular complexity index is 374. The van der Waals surface area contributed by atoms with Gasteiger partial charge in [0.05, 0.1) is 12.8 Å². The summed E-state index contributed by atoms with van der Waals surface area (Å²) in [6, 6.07) is 2.25. The van der Waals surface area contributed by atoms with Crippen LogP contribution in [0.1, 0.15) is 25.5 Å². The highest BCUT2D eigenvalue weighted by Gasteiger charge is 2.29. The second-order valence-electron chi connectivity index (χ2n) is 4.72. The molecule has 0 saturated carbocycles. The number of rotatable bonds is 3. The number of alkyl halides is 1. The van der Waals surface area contributed by atoms with Gasteiger partial charge in [0.2, 0.25) is 0 Å². The van der Waals surface area contributed by atoms with E-state index >= 15 is 0 Å². The number of halogens is 1. The predicted octanol–water partition coefficient (Wildman–Crippen LogP) is 1.81. The van der Waals surface area contributed by atoms with Gasteiger partial charge in [-0.1, -0.05) is 0 Å². The lowest BCUT2D eigenvalue weighted by Crippen LogP contribution is -2.39. The molecule has 1 aliphatic heterocycles. The maximum atomic E-state index is 13.6. The molecule has 0 radical (unpaired) electrons. The Morgan fingerprint density at radius 3 is 2.82 bits per heavy atom. The summed E-state index contributed by atoms with van der Waals surface area (Å²) in [7, 11) is 1.55. The largest absolute Gasteiger partial charge is 0.467 e. The van der Waals surface area contributed by atoms with Gasteiger partial charge in [-0.25, -0.2) is 9.37 Å². The lowest BCUT2D eigenvalue weighted by atomic mass is 9.96. The Morgan fingerprint density at radius 1 is 1.47 bits per heavy atom. The van der Waals surface area contributed by atoms with Crippen LogP contribution in [0.4, 0.5) is 4.39 Å². The standard InChI is InChI=1S/C12H18FN3O/c1-12(13)4-7-16(8-5-12)9-10-3-6-14-11(15-10)17-2/h3,6H,4-5,7-9H2,1-2H3. The van der Waals surface area contributed by atoms with Gasteiger partial charge in [-0.2, -0.15) is 4.98 Å². The minimum atomic E-state index is -1.00. The Kier molecular flexibility index (Phi) is 3.57. The quantitative estimate of drug-likeness (QED) is 0.806. The molecule has 17 heavy (non-hydrogen) atoms. The van der Waals surface area contributed by atoms with Crippen molar-refractivity contribution >= 4 is 0 Å². The molecule has 2 rings (SSSR count). The molecular formula is C12H18FN3O. The minimum absolute atomic E-state index is 0.384. The molecule has 0 amide bonds. The maximum Gasteiger partial charge on any atom is 0.316 e. The Balaban J connectivity index is 1.93. The zero-order valence-electron chi connectivity index (χ0n) is 10.3. The molecule has 0 aromatic carbocycles. The van der Waals surface area contributed by atoms with Crippen molar-refractivity contribution in [2.24, 2.45) is 0 Å². The third kappa shape index (κ3) is 3.36. The van der Waals surface area contributed by atoms with E-state index in [9.17, 15) is 4.39 Å². The molecule has 0 aliphatic carbocycles. The van der Waals surface area contributed by atoms with Crippen molar-refractivity contribution < 1.29 is 9.13 Å². The number of nitrogens with zero attached hydrogens (tertiary/aromatic N) is 3. The lowest BCUT2D eigenvalue weighted by molar-refractivity contribution is 0.0697. The van der Waals surface area contributed by atoms with Gasteiger partial charge < -0.3 is 4.74 Å². The van der Waals surface area contributed by atoms with Crippen molar-refractivity contribution in [1.29, 1.82) is 0 Å². The van der Waals surface area contributed by atoms with E-state index in [0.717, 1.165) is 25.3 Å². The third-order valence-corrected chi connectivity index (χ3v) is 3.16. The maximum absolute atomic E-state index is 13.6. The van der Waals surface area contributed by atoms with Crippen molar-refractivity contribution in [3.05, 3.63) is 18.0 Å². The van der Waals surface area contributed by atoms with E-state index < -0.39 is 5.67 Å². The Hall–Kier alpha value is -1.23. The molecule has 5 heteroatoms. The monoisotopic (exact) mass is 239 g/mol. The second kappa shape index (κ2) is 4.96. The van der Waals surface area contributed by atoms with Crippen LogP contribution < -0.4 is 4.74 Å². The summed E-state index contributed by atoms with van der Waals surface area (Å²) in [6.45, 7) is 3.96. The summed E-state index contributed by atoms with van der Waals surface area (Å²) in [5, 5.41) is 0. The molecule has 0 unspecified atom stereocenters. The number of likely N-dealkylation sites (tertiary alicyclic amines) is 1. The number of piperidine rings is 1. The van der Waals surface area contributed by atoms with Crippen LogP contribution in [0.25, 0.3) is 0 Å². The van der Waals surface area contributed by atoms with E-state index in [0.29, 0.717) is 18.9 Å². The molecule has 1 aliphatic rings. The van der Waals surface area contributed by atoms with E-state index in [2.05, 4.69) is 14.9 Å². The molecule has 1 fully saturated rings. The highest BCUT2D eigenvalue weighted by molar-refractivity contribution is 5.05. The van der Waals surface area contributed by atoms with Crippen molar-refractivity contribution in [1.82, 2.24) is 14.9 Å². The summed E-state index contributed by atoms with van der Waals surface area (Å²) in [4.78, 5) is 10.4. The van der Waals surface area contributed by atoms with Crippen LogP contribution in [0, 0.1) is 0 Å². The van der Waals surface area contributed by atoms with Crippen LogP contribution >= 0.6 is 0 Å². The molecule has 0 N–H and O–H groups in total. The van der Waals surface area contributed by atoms with Crippen LogP contribution in [-0.2, 0) is 6.54 Å². The van der Waals surface area contributed by atoms with Crippen molar-refractivity contribution in [2.45, 2.75) is 32.0 Å². The first-order chi connectivity index (χ1) is 8.09. The fourth-order valence-electron chi connectivity index (χ4n) is 1.97. The van der Waals surface area contributed by atoms with Gasteiger partial charge in [0.15, 0.2) is 0 Å². The minimum Gasteiger partial charge on any atom is -0.467 e. The molecular weight excluding hydrogens is 221 g/mol. The van der Waals surface area contributed by atoms with E-state index in [1.165, 1.54) is 0 Å². The van der Waals surface area contributed by atoms with Crippen LogP contribution in [0.3, 0.4) is 0 Å². The molecule has 0 bridgehead atoms. The first-order valence-electron chi connectivity index (χ1n) is 5.86. The summed E-state index contributed by atoms with van der Waals surface area (Å²) in [5.41, 5.74) is -0.0841. The molecule has 0 spiro atoms. The van der Waals surface area contributed by atoms with Crippen LogP contribution in [0.2, 0.25) is 0 Å². The number of aromatic nitrogens is 2. The second-order valence-corrected chi connectivity index (χ2v) is 4.72. The first kappa shape index (κ1) is 12.2. The molecule has 1 aromatic rings. The molecule has 94 valence electrons. The zero-order chi connectivity index (χ0) is 12.3. The highest BCUT2D eigenvalue weighted by Crippen LogP contribution is 2.26. The summed E-state index contributed by atoms with van der Waals surface area (Å²) >= 11 is 0. The molecule has 1 saturated heterocycles. The summed E-state index contributed by atoms with van der Waals surface area (Å²) < 4.78 is 18.6. The fourth-order valence-corrected chi connectivity index (χ4v) is 1.97. The van der Waals surface area contributed by atoms with E-state index in [1.807, 2.05) is 6.07 Å². The zero-order valence-corrected chi connectivity index (χ0v) is 10.3. The first-order valence-corrected chi connectivity index (χ1v) is 5.86. The molecule has 1 aromatic heterocycles. The highest BCUT2D eigenvalue weighted by atomic mass is 19.1. The predicted molar refractivity (Wildman–Crippen MR) is 62.6 cm³/mol. The average Bonchev–Trinajstić information content (AvgIpc) is 2.32. The van der Waals surface area contributed by atoms with Crippen LogP contribution in [-0.4, -0.2) is 40.7 Å². The number of hydrogen-bond acceptors (Lipinski definition) is 4. The fraction of sp³-hybridized carbons (Fsp3) is 0.667. The Labute approximate surface area is 101 Å². The summed E-state index contributed by atoms with van der Waals surface area (Å²) in [5.74, 6) is 0. The summed E-state index contributed by atoms with van der Waals surface area (Å²) in [6.07, 6.45) is 2.87. The SMILES string of the molecule is COc1nccc(CN2CCC(C)(F)CC2)n1. The van der Waals surface area contributed by atoms with E-state index in [4.69, 9.17) is 4.74 Å². The van der Waals surface area contributed by atoms with Crippen molar-refractivity contribution in [3.8, 4) is 6.01 Å². The van der Waals surface area contributed by atoms with E-state index in [1.54, 1.807) is 20.2 Å². The normalized spacial score (nSPS) is 20.2. The van der Waals surface area contributed by atoms with Crippen LogP contribution in [0.5, 0.6) is 6.01 Å². The average molecular weight is 239 g/mol. The topological polar surface area (TPSA) is 38.2 Å². The number of methoxy groups -OCH3 is 1. The molecule has 0 atom stereocenters.